The number of quaternary nitrogens is 1. The van der Waals surface area contributed by atoms with E-state index >= 15 is 0 Å². The molecule has 0 bridgehead atoms. The van der Waals surface area contributed by atoms with Crippen LogP contribution >= 0.6 is 0 Å². The van der Waals surface area contributed by atoms with Crippen molar-refractivity contribution in [2.24, 2.45) is 0 Å². The van der Waals surface area contributed by atoms with E-state index in [1.807, 2.05) is 0 Å². The summed E-state index contributed by atoms with van der Waals surface area (Å²) in [7, 11) is -4.92. The molecule has 0 aliphatic rings. The van der Waals surface area contributed by atoms with E-state index in [1.165, 1.54) is 11.1 Å². The van der Waals surface area contributed by atoms with Gasteiger partial charge < -0.3 is 10.3 Å². The van der Waals surface area contributed by atoms with Crippen LogP contribution in [0.1, 0.15) is 11.1 Å². The lowest BCUT2D eigenvalue weighted by Crippen LogP contribution is -2.47. The molecule has 0 fully saturated rings. The summed E-state index contributed by atoms with van der Waals surface area (Å²) >= 11 is 0. The Morgan fingerprint density at radius 1 is 1.36 bits per heavy atom. The van der Waals surface area contributed by atoms with Crippen molar-refractivity contribution in [1.82, 2.24) is 0 Å². The highest BCUT2D eigenvalue weighted by atomic mass is 32.3. The Morgan fingerprint density at radius 3 is 2.00 bits per heavy atom. The van der Waals surface area contributed by atoms with Crippen LogP contribution in [-0.4, -0.2) is 17.5 Å². The standard InChI is InChI=1S/C8H11N.H2O4S/c1-7-2-4-8(6-9)5-3-7;1-5(2,3)4/h2-5H,6,9H2,1H3;(H2,1,2,3,4). The summed E-state index contributed by atoms with van der Waals surface area (Å²) in [5.41, 5.74) is 6.40. The van der Waals surface area contributed by atoms with Crippen molar-refractivity contribution in [3.8, 4) is 0 Å². The Hall–Kier alpha value is -0.950. The third-order valence-electron chi connectivity index (χ3n) is 1.41. The first-order chi connectivity index (χ1) is 6.33. The van der Waals surface area contributed by atoms with Crippen molar-refractivity contribution >= 4 is 10.4 Å². The van der Waals surface area contributed by atoms with Crippen molar-refractivity contribution in [1.29, 1.82) is 0 Å². The van der Waals surface area contributed by atoms with Gasteiger partial charge >= 0.3 is 0 Å². The van der Waals surface area contributed by atoms with Crippen molar-refractivity contribution in [2.75, 3.05) is 0 Å². The summed E-state index contributed by atoms with van der Waals surface area (Å²) < 4.78 is 32.8. The van der Waals surface area contributed by atoms with Gasteiger partial charge in [-0.2, -0.15) is 0 Å². The molecule has 6 heteroatoms. The Morgan fingerprint density at radius 2 is 1.71 bits per heavy atom. The fourth-order valence-corrected chi connectivity index (χ4v) is 0.755. The molecule has 80 valence electrons. The number of rotatable bonds is 1. The number of aryl methyl sites for hydroxylation is 1. The van der Waals surface area contributed by atoms with E-state index in [2.05, 4.69) is 36.9 Å². The quantitative estimate of drug-likeness (QED) is 0.501. The van der Waals surface area contributed by atoms with Gasteiger partial charge in [0, 0.05) is 5.56 Å². The van der Waals surface area contributed by atoms with Crippen LogP contribution in [0.3, 0.4) is 0 Å². The van der Waals surface area contributed by atoms with Gasteiger partial charge in [-0.15, -0.1) is 0 Å². The summed E-state index contributed by atoms with van der Waals surface area (Å²) in [6.07, 6.45) is 0. The third-order valence-corrected chi connectivity index (χ3v) is 1.41. The smallest absolute Gasteiger partial charge is 0.215 e. The summed E-state index contributed by atoms with van der Waals surface area (Å²) in [5.74, 6) is 0. The molecule has 0 atom stereocenters. The molecule has 1 rings (SSSR count). The summed E-state index contributed by atoms with van der Waals surface area (Å²) in [6, 6.07) is 8.45. The van der Waals surface area contributed by atoms with Crippen LogP contribution in [0, 0.1) is 6.92 Å². The van der Waals surface area contributed by atoms with Crippen LogP contribution in [-0.2, 0) is 16.9 Å². The molecule has 1 aromatic rings. The van der Waals surface area contributed by atoms with Gasteiger partial charge in [0.05, 0.1) is 6.54 Å². The maximum Gasteiger partial charge on any atom is 0.215 e. The van der Waals surface area contributed by atoms with Crippen molar-refractivity contribution in [2.45, 2.75) is 13.5 Å². The first-order valence-electron chi connectivity index (χ1n) is 3.86. The van der Waals surface area contributed by atoms with Gasteiger partial charge in [0.25, 0.3) is 0 Å². The molecule has 1 aromatic carbocycles. The Bertz CT molecular complexity index is 349. The first kappa shape index (κ1) is 13.1. The molecule has 0 radical (unpaired) electrons. The second-order valence-electron chi connectivity index (χ2n) is 2.66. The minimum Gasteiger partial charge on any atom is -0.726 e. The van der Waals surface area contributed by atoms with Gasteiger partial charge in [0.1, 0.15) is 0 Å². The second-order valence-corrected chi connectivity index (χ2v) is 3.52. The second kappa shape index (κ2) is 5.71. The Balaban J connectivity index is 0.000000292. The molecule has 0 unspecified atom stereocenters. The van der Waals surface area contributed by atoms with Crippen molar-refractivity contribution in [3.05, 3.63) is 35.4 Å². The normalized spacial score (nSPS) is 10.3. The van der Waals surface area contributed by atoms with Crippen LogP contribution < -0.4 is 5.73 Å². The van der Waals surface area contributed by atoms with Gasteiger partial charge in [-0.3, -0.25) is 4.55 Å². The molecule has 0 saturated heterocycles. The number of hydrogen-bond acceptors (Lipinski definition) is 3. The third kappa shape index (κ3) is 9.14. The Labute approximate surface area is 83.1 Å². The lowest BCUT2D eigenvalue weighted by Gasteiger charge is -1.92. The summed E-state index contributed by atoms with van der Waals surface area (Å²) in [6.45, 7) is 2.98. The minimum atomic E-state index is -4.92. The van der Waals surface area contributed by atoms with E-state index in [0.717, 1.165) is 6.54 Å². The predicted octanol–water partition coefficient (Wildman–Crippen LogP) is -0.258. The highest BCUT2D eigenvalue weighted by Crippen LogP contribution is 2.00. The molecule has 0 aliphatic heterocycles. The van der Waals surface area contributed by atoms with Crippen LogP contribution in [0.5, 0.6) is 0 Å². The summed E-state index contributed by atoms with van der Waals surface area (Å²) in [5, 5.41) is 0. The maximum absolute atomic E-state index is 8.63. The molecule has 14 heavy (non-hydrogen) atoms. The highest BCUT2D eigenvalue weighted by Gasteiger charge is 1.87. The van der Waals surface area contributed by atoms with Crippen LogP contribution in [0.2, 0.25) is 0 Å². The van der Waals surface area contributed by atoms with Gasteiger partial charge in [-0.25, -0.2) is 8.42 Å². The lowest BCUT2D eigenvalue weighted by molar-refractivity contribution is -0.386. The van der Waals surface area contributed by atoms with E-state index in [-0.39, 0.29) is 0 Å². The van der Waals surface area contributed by atoms with Crippen LogP contribution in [0.4, 0.5) is 0 Å². The fraction of sp³-hybridized carbons (Fsp3) is 0.250. The van der Waals surface area contributed by atoms with E-state index in [0.29, 0.717) is 0 Å². The average molecular weight is 219 g/mol. The van der Waals surface area contributed by atoms with E-state index in [4.69, 9.17) is 17.5 Å². The largest absolute Gasteiger partial charge is 0.726 e. The predicted molar refractivity (Wildman–Crippen MR) is 50.1 cm³/mol. The first-order valence-corrected chi connectivity index (χ1v) is 5.22. The maximum atomic E-state index is 8.63. The Kier molecular flexibility index (Phi) is 5.32. The lowest BCUT2D eigenvalue weighted by atomic mass is 10.2. The number of benzene rings is 1. The zero-order valence-corrected chi connectivity index (χ0v) is 8.62. The van der Waals surface area contributed by atoms with Gasteiger partial charge in [-0.05, 0) is 6.92 Å². The fourth-order valence-electron chi connectivity index (χ4n) is 0.755. The van der Waals surface area contributed by atoms with E-state index in [9.17, 15) is 0 Å². The molecule has 0 spiro atoms. The van der Waals surface area contributed by atoms with Gasteiger partial charge in [-0.1, -0.05) is 29.8 Å². The molecule has 5 nitrogen and oxygen atoms in total. The molecule has 0 amide bonds. The molecule has 0 aromatic heterocycles. The SMILES string of the molecule is Cc1ccc(C[NH3+])cc1.O=S(=O)([O-])O. The molecule has 0 heterocycles. The van der Waals surface area contributed by atoms with Crippen molar-refractivity contribution in [3.63, 3.8) is 0 Å². The zero-order valence-electron chi connectivity index (χ0n) is 7.80. The topological polar surface area (TPSA) is 105 Å². The average Bonchev–Trinajstić information content (AvgIpc) is 2.03. The molecule has 0 saturated carbocycles. The van der Waals surface area contributed by atoms with E-state index in [1.54, 1.807) is 0 Å². The highest BCUT2D eigenvalue weighted by molar-refractivity contribution is 7.79. The van der Waals surface area contributed by atoms with E-state index < -0.39 is 10.4 Å². The van der Waals surface area contributed by atoms with Crippen LogP contribution in [0.25, 0.3) is 0 Å². The number of hydrogen-bond donors (Lipinski definition) is 2. The molecular weight excluding hydrogens is 206 g/mol. The zero-order chi connectivity index (χ0) is 11.2. The minimum absolute atomic E-state index is 0.889. The van der Waals surface area contributed by atoms with Crippen molar-refractivity contribution < 1.29 is 23.3 Å². The molecule has 4 N–H and O–H groups in total. The molecular formula is C8H13NO4S. The summed E-state index contributed by atoms with van der Waals surface area (Å²) in [4.78, 5) is 0. The van der Waals surface area contributed by atoms with Gasteiger partial charge in [0.2, 0.25) is 10.4 Å². The van der Waals surface area contributed by atoms with Gasteiger partial charge in [0.15, 0.2) is 0 Å². The monoisotopic (exact) mass is 219 g/mol. The molecule has 0 aliphatic carbocycles. The van der Waals surface area contributed by atoms with Crippen LogP contribution in [0.15, 0.2) is 24.3 Å².